The van der Waals surface area contributed by atoms with E-state index >= 15 is 0 Å². The lowest BCUT2D eigenvalue weighted by atomic mass is 9.93. The van der Waals surface area contributed by atoms with Gasteiger partial charge in [-0.25, -0.2) is 0 Å². The van der Waals surface area contributed by atoms with E-state index in [4.69, 9.17) is 0 Å². The van der Waals surface area contributed by atoms with Crippen molar-refractivity contribution in [3.05, 3.63) is 0 Å². The molecule has 0 spiro atoms. The molecular weight excluding hydrogens is 360 g/mol. The SMILES string of the molecule is CCC(F)(F)C(F)(F)C(F)(F)C(F)(F)C(F)(F)C(F)(F)Cl. The summed E-state index contributed by atoms with van der Waals surface area (Å²) in [4.78, 5) is 0. The number of hydrogen-bond donors (Lipinski definition) is 0. The van der Waals surface area contributed by atoms with Crippen LogP contribution in [0.5, 0.6) is 0 Å². The molecule has 21 heavy (non-hydrogen) atoms. The predicted molar refractivity (Wildman–Crippen MR) is 45.8 cm³/mol. The van der Waals surface area contributed by atoms with Gasteiger partial charge in [0.15, 0.2) is 0 Å². The van der Waals surface area contributed by atoms with Gasteiger partial charge in [-0.15, -0.1) is 0 Å². The minimum absolute atomic E-state index is 0.163. The molecule has 0 aromatic carbocycles. The van der Waals surface area contributed by atoms with Gasteiger partial charge in [-0.3, -0.25) is 0 Å². The Labute approximate surface area is 114 Å². The second kappa shape index (κ2) is 4.98. The molecule has 0 unspecified atom stereocenters. The van der Waals surface area contributed by atoms with Crippen molar-refractivity contribution in [2.24, 2.45) is 0 Å². The molecule has 0 aliphatic carbocycles. The number of rotatable bonds is 6. The quantitative estimate of drug-likeness (QED) is 0.437. The molecule has 0 saturated carbocycles. The second-order valence-electron chi connectivity index (χ2n) is 3.85. The zero-order valence-corrected chi connectivity index (χ0v) is 10.4. The van der Waals surface area contributed by atoms with Crippen LogP contribution < -0.4 is 0 Å². The minimum Gasteiger partial charge on any atom is -0.200 e. The molecule has 0 fully saturated rings. The Morgan fingerprint density at radius 3 is 1.10 bits per heavy atom. The number of hydrogen-bond acceptors (Lipinski definition) is 0. The highest BCUT2D eigenvalue weighted by atomic mass is 35.5. The van der Waals surface area contributed by atoms with Gasteiger partial charge < -0.3 is 0 Å². The van der Waals surface area contributed by atoms with E-state index in [0.29, 0.717) is 0 Å². The van der Waals surface area contributed by atoms with Crippen LogP contribution in [0, 0.1) is 0 Å². The molecule has 13 heteroatoms. The zero-order valence-electron chi connectivity index (χ0n) is 9.62. The van der Waals surface area contributed by atoms with Gasteiger partial charge in [0.25, 0.3) is 0 Å². The Hall–Kier alpha value is -0.550. The normalized spacial score (nSPS) is 16.3. The molecule has 0 saturated heterocycles. The van der Waals surface area contributed by atoms with Gasteiger partial charge in [0.1, 0.15) is 0 Å². The maximum atomic E-state index is 12.8. The predicted octanol–water partition coefficient (Wildman–Crippen LogP) is 5.40. The Morgan fingerprint density at radius 2 is 0.857 bits per heavy atom. The average molecular weight is 365 g/mol. The monoisotopic (exact) mass is 364 g/mol. The van der Waals surface area contributed by atoms with Crippen LogP contribution in [-0.4, -0.2) is 35.0 Å². The van der Waals surface area contributed by atoms with Gasteiger partial charge in [0.05, 0.1) is 0 Å². The second-order valence-corrected chi connectivity index (χ2v) is 4.33. The molecule has 0 aliphatic heterocycles. The standard InChI is InChI=1S/C8H5ClF12/c1-2-3(10,11)4(12,13)5(14,15)6(16,17)7(18,19)8(9,20)21/h2H2,1H3. The fourth-order valence-electron chi connectivity index (χ4n) is 1.02. The van der Waals surface area contributed by atoms with Gasteiger partial charge in [0.2, 0.25) is 0 Å². The Bertz CT molecular complexity index is 381. The van der Waals surface area contributed by atoms with Crippen molar-refractivity contribution in [1.29, 1.82) is 0 Å². The van der Waals surface area contributed by atoms with Crippen LogP contribution in [0.4, 0.5) is 52.7 Å². The Balaban J connectivity index is 6.14. The minimum atomic E-state index is -7.56. The molecule has 0 aromatic heterocycles. The highest BCUT2D eigenvalue weighted by Gasteiger charge is 2.89. The Kier molecular flexibility index (Phi) is 4.85. The van der Waals surface area contributed by atoms with Crippen LogP contribution in [0.15, 0.2) is 0 Å². The molecule has 128 valence electrons. The third-order valence-corrected chi connectivity index (χ3v) is 2.68. The molecule has 0 radical (unpaired) electrons. The van der Waals surface area contributed by atoms with Crippen molar-refractivity contribution in [2.75, 3.05) is 0 Å². The summed E-state index contributed by atoms with van der Waals surface area (Å²) in [5, 5.41) is -6.39. The fraction of sp³-hybridized carbons (Fsp3) is 1.00. The number of alkyl halides is 13. The molecule has 0 aliphatic rings. The number of halogens is 13. The highest BCUT2D eigenvalue weighted by Crippen LogP contribution is 2.60. The third-order valence-electron chi connectivity index (χ3n) is 2.44. The first kappa shape index (κ1) is 20.5. The summed E-state index contributed by atoms with van der Waals surface area (Å²) in [5.74, 6) is -35.2. The first-order valence-electron chi connectivity index (χ1n) is 4.77. The molecular formula is C8H5ClF12. The molecule has 0 rings (SSSR count). The topological polar surface area (TPSA) is 0 Å². The van der Waals surface area contributed by atoms with E-state index in [1.165, 1.54) is 0 Å². The van der Waals surface area contributed by atoms with Gasteiger partial charge in [0, 0.05) is 6.42 Å². The van der Waals surface area contributed by atoms with Crippen LogP contribution in [0.1, 0.15) is 13.3 Å². The first-order chi connectivity index (χ1) is 8.81. The lowest BCUT2D eigenvalue weighted by molar-refractivity contribution is -0.416. The van der Waals surface area contributed by atoms with E-state index in [-0.39, 0.29) is 6.92 Å². The Morgan fingerprint density at radius 1 is 0.571 bits per heavy atom. The maximum absolute atomic E-state index is 12.8. The molecule has 0 amide bonds. The average Bonchev–Trinajstić information content (AvgIpc) is 2.26. The van der Waals surface area contributed by atoms with Gasteiger partial charge >= 0.3 is 35.0 Å². The summed E-state index contributed by atoms with van der Waals surface area (Å²) < 4.78 is 151. The van der Waals surface area contributed by atoms with E-state index in [0.717, 1.165) is 0 Å². The summed E-state index contributed by atoms with van der Waals surface area (Å²) in [6.45, 7) is 0.163. The van der Waals surface area contributed by atoms with Crippen LogP contribution in [-0.2, 0) is 0 Å². The summed E-state index contributed by atoms with van der Waals surface area (Å²) >= 11 is 3.48. The zero-order chi connectivity index (χ0) is 17.7. The van der Waals surface area contributed by atoms with E-state index in [1.54, 1.807) is 0 Å². The third kappa shape index (κ3) is 2.63. The summed E-state index contributed by atoms with van der Waals surface area (Å²) in [5.41, 5.74) is 0. The van der Waals surface area contributed by atoms with Gasteiger partial charge in [-0.1, -0.05) is 6.92 Å². The van der Waals surface area contributed by atoms with Crippen LogP contribution in [0.3, 0.4) is 0 Å². The van der Waals surface area contributed by atoms with E-state index in [9.17, 15) is 52.7 Å². The molecule has 0 aromatic rings. The first-order valence-corrected chi connectivity index (χ1v) is 5.15. The molecule has 0 bridgehead atoms. The van der Waals surface area contributed by atoms with Crippen LogP contribution in [0.2, 0.25) is 0 Å². The van der Waals surface area contributed by atoms with E-state index < -0.39 is 41.4 Å². The largest absolute Gasteiger partial charge is 0.393 e. The van der Waals surface area contributed by atoms with Crippen molar-refractivity contribution in [2.45, 2.75) is 48.3 Å². The lowest BCUT2D eigenvalue weighted by Gasteiger charge is -2.39. The van der Waals surface area contributed by atoms with Gasteiger partial charge in [-0.2, -0.15) is 52.7 Å². The van der Waals surface area contributed by atoms with E-state index in [1.807, 2.05) is 0 Å². The molecule has 0 atom stereocenters. The highest BCUT2D eigenvalue weighted by molar-refractivity contribution is 6.22. The summed E-state index contributed by atoms with van der Waals surface area (Å²) in [6, 6.07) is 0. The molecule has 0 nitrogen and oxygen atoms in total. The van der Waals surface area contributed by atoms with Crippen molar-refractivity contribution >= 4 is 11.6 Å². The molecule has 0 heterocycles. The van der Waals surface area contributed by atoms with E-state index in [2.05, 4.69) is 11.6 Å². The van der Waals surface area contributed by atoms with Crippen molar-refractivity contribution in [3.63, 3.8) is 0 Å². The smallest absolute Gasteiger partial charge is 0.200 e. The summed E-state index contributed by atoms with van der Waals surface area (Å²) in [7, 11) is 0. The molecule has 0 N–H and O–H groups in total. The lowest BCUT2D eigenvalue weighted by Crippen LogP contribution is -2.69. The fourth-order valence-corrected chi connectivity index (χ4v) is 1.14. The van der Waals surface area contributed by atoms with Crippen molar-refractivity contribution < 1.29 is 52.7 Å². The van der Waals surface area contributed by atoms with Crippen molar-refractivity contribution in [3.8, 4) is 0 Å². The maximum Gasteiger partial charge on any atom is 0.393 e. The van der Waals surface area contributed by atoms with Crippen LogP contribution >= 0.6 is 11.6 Å². The van der Waals surface area contributed by atoms with Crippen molar-refractivity contribution in [1.82, 2.24) is 0 Å². The van der Waals surface area contributed by atoms with Gasteiger partial charge in [-0.05, 0) is 11.6 Å². The van der Waals surface area contributed by atoms with Crippen LogP contribution in [0.25, 0.3) is 0 Å². The summed E-state index contributed by atoms with van der Waals surface area (Å²) in [6.07, 6.45) is -2.14.